The average molecular weight is 999 g/mol. The third-order valence-corrected chi connectivity index (χ3v) is 12.1. The van der Waals surface area contributed by atoms with Crippen LogP contribution in [0.1, 0.15) is 20.3 Å². The molecule has 5 aliphatic heterocycles. The normalized spacial score (nSPS) is 46.6. The number of amides is 2. The van der Waals surface area contributed by atoms with E-state index < -0.39 is 216 Å². The Morgan fingerprint density at radius 3 is 1.53 bits per heavy atom. The van der Waals surface area contributed by atoms with Gasteiger partial charge < -0.3 is 140 Å². The Bertz CT molecular complexity index is 1660. The molecule has 31 heteroatoms. The van der Waals surface area contributed by atoms with Gasteiger partial charge in [-0.25, -0.2) is 4.79 Å². The van der Waals surface area contributed by atoms with Crippen LogP contribution in [0, 0.1) is 0 Å². The van der Waals surface area contributed by atoms with Crippen molar-refractivity contribution >= 4 is 17.8 Å². The van der Waals surface area contributed by atoms with Gasteiger partial charge in [-0.3, -0.25) is 9.59 Å². The molecule has 5 fully saturated rings. The maximum absolute atomic E-state index is 13.0. The van der Waals surface area contributed by atoms with Gasteiger partial charge in [-0.05, 0) is 0 Å². The number of nitrogens with one attached hydrogen (secondary N) is 2. The summed E-state index contributed by atoms with van der Waals surface area (Å²) in [5, 5.41) is 185. The Morgan fingerprint density at radius 2 is 1.03 bits per heavy atom. The van der Waals surface area contributed by atoms with Gasteiger partial charge in [0.05, 0.1) is 45.2 Å². The molecule has 0 spiro atoms. The second-order valence-corrected chi connectivity index (χ2v) is 16.8. The molecule has 0 bridgehead atoms. The highest BCUT2D eigenvalue weighted by Gasteiger charge is 2.61. The van der Waals surface area contributed by atoms with Crippen LogP contribution in [0.25, 0.3) is 0 Å². The number of carboxylic acid groups (broad SMARTS) is 1. The van der Waals surface area contributed by atoms with Crippen molar-refractivity contribution in [2.24, 2.45) is 0 Å². The summed E-state index contributed by atoms with van der Waals surface area (Å²) in [6, 6.07) is -3.51. The van der Waals surface area contributed by atoms with E-state index in [0.29, 0.717) is 0 Å². The molecule has 0 aromatic carbocycles. The minimum Gasteiger partial charge on any atom is -0.477 e. The second-order valence-electron chi connectivity index (χ2n) is 16.8. The number of rotatable bonds is 18. The Hall–Kier alpha value is -2.59. The van der Waals surface area contributed by atoms with Crippen molar-refractivity contribution in [3.05, 3.63) is 0 Å². The molecule has 0 radical (unpaired) electrons. The average Bonchev–Trinajstić information content (AvgIpc) is 3.29. The molecule has 0 saturated carbocycles. The number of carbonyl (C=O) groups is 3. The van der Waals surface area contributed by atoms with Crippen molar-refractivity contribution in [2.45, 2.75) is 179 Å². The maximum atomic E-state index is 13.0. The number of carboxylic acids is 1. The zero-order valence-corrected chi connectivity index (χ0v) is 36.2. The van der Waals surface area contributed by atoms with E-state index in [1.165, 1.54) is 0 Å². The molecule has 24 unspecified atom stereocenters. The summed E-state index contributed by atoms with van der Waals surface area (Å²) in [4.78, 5) is 37.7. The highest BCUT2D eigenvalue weighted by atomic mass is 16.8. The van der Waals surface area contributed by atoms with Crippen LogP contribution in [0.3, 0.4) is 0 Å². The summed E-state index contributed by atoms with van der Waals surface area (Å²) in [5.41, 5.74) is 0. The first kappa shape index (κ1) is 56.3. The zero-order valence-electron chi connectivity index (χ0n) is 36.2. The first-order valence-electron chi connectivity index (χ1n) is 21.2. The molecule has 0 aromatic rings. The monoisotopic (exact) mass is 998 g/mol. The topological polar surface area (TPSA) is 502 Å². The molecule has 0 aliphatic carbocycles. The Labute approximate surface area is 384 Å². The summed E-state index contributed by atoms with van der Waals surface area (Å²) in [6.45, 7) is -3.28. The van der Waals surface area contributed by atoms with Crippen LogP contribution in [0.2, 0.25) is 0 Å². The van der Waals surface area contributed by atoms with Crippen molar-refractivity contribution in [1.29, 1.82) is 0 Å². The van der Waals surface area contributed by atoms with Gasteiger partial charge in [0, 0.05) is 20.3 Å². The number of ether oxygens (including phenoxy) is 9. The number of carbonyl (C=O) groups excluding carboxylic acids is 2. The van der Waals surface area contributed by atoms with E-state index in [4.69, 9.17) is 42.6 Å². The summed E-state index contributed by atoms with van der Waals surface area (Å²) in [5.74, 6) is -6.99. The number of hydrogen-bond acceptors (Lipinski definition) is 28. The molecule has 31 nitrogen and oxygen atoms in total. The fourth-order valence-corrected chi connectivity index (χ4v) is 8.53. The van der Waals surface area contributed by atoms with E-state index in [-0.39, 0.29) is 0 Å². The van der Waals surface area contributed by atoms with Crippen LogP contribution < -0.4 is 10.6 Å². The van der Waals surface area contributed by atoms with Crippen LogP contribution in [-0.2, 0) is 57.0 Å². The molecule has 26 atom stereocenters. The van der Waals surface area contributed by atoms with E-state index in [0.717, 1.165) is 13.8 Å². The van der Waals surface area contributed by atoms with Crippen LogP contribution in [0.4, 0.5) is 0 Å². The highest BCUT2D eigenvalue weighted by molar-refractivity contribution is 5.76. The van der Waals surface area contributed by atoms with Gasteiger partial charge in [-0.15, -0.1) is 0 Å². The molecule has 19 N–H and O–H groups in total. The quantitative estimate of drug-likeness (QED) is 0.0606. The van der Waals surface area contributed by atoms with Crippen LogP contribution >= 0.6 is 0 Å². The van der Waals surface area contributed by atoms with Crippen LogP contribution in [0.5, 0.6) is 0 Å². The molecular formula is C37H62N2O29. The minimum absolute atomic E-state index is 0.818. The number of hydrogen-bond donors (Lipinski definition) is 19. The predicted octanol–water partition coefficient (Wildman–Crippen LogP) is -12.4. The number of aliphatic hydroxyl groups excluding tert-OH is 16. The minimum atomic E-state index is -3.19. The lowest BCUT2D eigenvalue weighted by Crippen LogP contribution is -2.71. The number of aliphatic carboxylic acids is 1. The Balaban J connectivity index is 1.45. The molecule has 5 heterocycles. The molecule has 394 valence electrons. The van der Waals surface area contributed by atoms with Crippen molar-refractivity contribution in [1.82, 2.24) is 10.6 Å². The van der Waals surface area contributed by atoms with Gasteiger partial charge in [0.1, 0.15) is 116 Å². The van der Waals surface area contributed by atoms with E-state index in [9.17, 15) is 101 Å². The summed E-state index contributed by atoms with van der Waals surface area (Å²) in [7, 11) is 0. The van der Waals surface area contributed by atoms with Gasteiger partial charge in [0.15, 0.2) is 25.2 Å². The van der Waals surface area contributed by atoms with Crippen LogP contribution in [0.15, 0.2) is 0 Å². The van der Waals surface area contributed by atoms with Crippen molar-refractivity contribution in [2.75, 3.05) is 33.0 Å². The van der Waals surface area contributed by atoms with E-state index in [1.807, 2.05) is 0 Å². The third kappa shape index (κ3) is 11.8. The molecule has 0 aromatic heterocycles. The van der Waals surface area contributed by atoms with Gasteiger partial charge in [-0.1, -0.05) is 0 Å². The molecule has 2 amide bonds. The standard InChI is InChI=1S/C37H62N2O29/c1-9(45)38-17-11(47)3-37(36(58)59,67-29(17)19(49)12(48)4-40)68-31-22(52)15(7-43)63-35(26(31)56)65-28-18(39-10(2)46)33(61-13(5-41)20(28)50)66-30-21(51)14(6-42)62-34(25(30)55)64-27-16(8-44)60-32(57)24(54)23(27)53/h11-35,40-44,47-57H,3-8H2,1-2H3,(H,38,45)(H,39,46)(H,58,59)/t11?,12-,13?,14?,15?,16?,17?,18?,19-,20?,21?,22?,23?,24?,25?,26?,27?,28?,29?,30?,31?,32?,33?,34?,35?,37?/m1/s1. The summed E-state index contributed by atoms with van der Waals surface area (Å²) >= 11 is 0. The third-order valence-electron chi connectivity index (χ3n) is 12.1. The van der Waals surface area contributed by atoms with Crippen LogP contribution in [-0.4, -0.2) is 297 Å². The van der Waals surface area contributed by atoms with Gasteiger partial charge in [-0.2, -0.15) is 0 Å². The molecule has 5 rings (SSSR count). The maximum Gasteiger partial charge on any atom is 0.364 e. The number of aliphatic hydroxyl groups is 16. The first-order chi connectivity index (χ1) is 32.0. The summed E-state index contributed by atoms with van der Waals surface area (Å²) < 4.78 is 50.7. The fourth-order valence-electron chi connectivity index (χ4n) is 8.53. The Kier molecular flexibility index (Phi) is 19.7. The van der Waals surface area contributed by atoms with E-state index in [2.05, 4.69) is 10.6 Å². The summed E-state index contributed by atoms with van der Waals surface area (Å²) in [6.07, 6.45) is -47.6. The van der Waals surface area contributed by atoms with Crippen molar-refractivity contribution in [3.63, 3.8) is 0 Å². The smallest absolute Gasteiger partial charge is 0.364 e. The van der Waals surface area contributed by atoms with Gasteiger partial charge in [0.25, 0.3) is 5.79 Å². The lowest BCUT2D eigenvalue weighted by molar-refractivity contribution is -0.389. The largest absolute Gasteiger partial charge is 0.477 e. The molecule has 5 aliphatic rings. The molecular weight excluding hydrogens is 936 g/mol. The lowest BCUT2D eigenvalue weighted by Gasteiger charge is -2.51. The molecule has 5 saturated heterocycles. The molecule has 68 heavy (non-hydrogen) atoms. The SMILES string of the molecule is CC(=O)NC1C(OC2C(O)C(CO)OC(OC3C(CO)OC(O)C(O)C3O)C2O)OC(CO)C(O)C1OC1OC(CO)C(O)C(OC2(C(=O)O)CC(O)C(NC(C)=O)C([C@H](O)[C@H](O)CO)O2)C1O. The lowest BCUT2D eigenvalue weighted by atomic mass is 9.88. The first-order valence-corrected chi connectivity index (χ1v) is 21.2. The van der Waals surface area contributed by atoms with Crippen molar-refractivity contribution in [3.8, 4) is 0 Å². The van der Waals surface area contributed by atoms with Crippen molar-refractivity contribution < 1.29 is 144 Å². The Morgan fingerprint density at radius 1 is 0.574 bits per heavy atom. The van der Waals surface area contributed by atoms with E-state index >= 15 is 0 Å². The highest BCUT2D eigenvalue weighted by Crippen LogP contribution is 2.39. The predicted molar refractivity (Wildman–Crippen MR) is 207 cm³/mol. The fraction of sp³-hybridized carbons (Fsp3) is 0.919. The zero-order chi connectivity index (χ0) is 50.7. The van der Waals surface area contributed by atoms with E-state index in [1.54, 1.807) is 0 Å². The second kappa shape index (κ2) is 23.8. The van der Waals surface area contributed by atoms with Gasteiger partial charge >= 0.3 is 5.97 Å². The van der Waals surface area contributed by atoms with Gasteiger partial charge in [0.2, 0.25) is 11.8 Å².